The SMILES string of the molecule is CCn1c(CO)nn(-c2nc(OCC(F)(F)F)c(C(=O)Nc3cn(C)nc3Cl)cc2F)c1=O. The van der Waals surface area contributed by atoms with Crippen molar-refractivity contribution in [3.63, 3.8) is 0 Å². The highest BCUT2D eigenvalue weighted by atomic mass is 35.5. The lowest BCUT2D eigenvalue weighted by molar-refractivity contribution is -0.154. The van der Waals surface area contributed by atoms with Gasteiger partial charge in [-0.3, -0.25) is 14.0 Å². The number of carbonyl (C=O) groups is 1. The van der Waals surface area contributed by atoms with Gasteiger partial charge in [-0.25, -0.2) is 9.18 Å². The summed E-state index contributed by atoms with van der Waals surface area (Å²) >= 11 is 5.85. The molecule has 3 aromatic rings. The maximum Gasteiger partial charge on any atom is 0.422 e. The molecular weight excluding hydrogens is 478 g/mol. The third-order valence-electron chi connectivity index (χ3n) is 4.17. The lowest BCUT2D eigenvalue weighted by Crippen LogP contribution is -2.27. The summed E-state index contributed by atoms with van der Waals surface area (Å²) in [6.45, 7) is -0.883. The van der Waals surface area contributed by atoms with E-state index in [0.29, 0.717) is 10.7 Å². The number of aliphatic hydroxyl groups excluding tert-OH is 1. The van der Waals surface area contributed by atoms with Crippen LogP contribution in [-0.4, -0.2) is 52.9 Å². The van der Waals surface area contributed by atoms with Gasteiger partial charge in [0.25, 0.3) is 5.91 Å². The summed E-state index contributed by atoms with van der Waals surface area (Å²) in [5.41, 5.74) is -1.61. The van der Waals surface area contributed by atoms with E-state index in [4.69, 9.17) is 11.6 Å². The van der Waals surface area contributed by atoms with Crippen LogP contribution in [0.15, 0.2) is 17.1 Å². The molecule has 3 aromatic heterocycles. The van der Waals surface area contributed by atoms with Gasteiger partial charge < -0.3 is 15.2 Å². The summed E-state index contributed by atoms with van der Waals surface area (Å²) in [5, 5.41) is 19.0. The standard InChI is InChI=1S/C17H16ClF4N7O4/c1-3-28-11(6-30)25-29(16(28)32)13-9(19)4-8(15(24-13)33-7-17(20,21)22)14(31)23-10-5-27(2)26-12(10)18/h4-5,30H,3,6-7H2,1-2H3,(H,23,31). The quantitative estimate of drug-likeness (QED) is 0.479. The first-order valence-corrected chi connectivity index (χ1v) is 9.53. The average molecular weight is 494 g/mol. The van der Waals surface area contributed by atoms with Crippen molar-refractivity contribution in [2.45, 2.75) is 26.3 Å². The van der Waals surface area contributed by atoms with Crippen LogP contribution >= 0.6 is 11.6 Å². The Morgan fingerprint density at radius 2 is 2.03 bits per heavy atom. The molecule has 0 radical (unpaired) electrons. The largest absolute Gasteiger partial charge is 0.467 e. The van der Waals surface area contributed by atoms with Gasteiger partial charge in [-0.2, -0.15) is 27.9 Å². The lowest BCUT2D eigenvalue weighted by atomic mass is 10.2. The lowest BCUT2D eigenvalue weighted by Gasteiger charge is -2.14. The Hall–Kier alpha value is -3.46. The number of aliphatic hydroxyl groups is 1. The number of nitrogens with one attached hydrogen (secondary N) is 1. The summed E-state index contributed by atoms with van der Waals surface area (Å²) in [5.74, 6) is -4.22. The Kier molecular flexibility index (Phi) is 6.73. The number of halogens is 5. The number of anilines is 1. The molecule has 33 heavy (non-hydrogen) atoms. The molecule has 178 valence electrons. The Labute approximate surface area is 187 Å². The van der Waals surface area contributed by atoms with E-state index in [1.54, 1.807) is 6.92 Å². The van der Waals surface area contributed by atoms with E-state index in [1.807, 2.05) is 0 Å². The Bertz CT molecular complexity index is 1250. The molecule has 0 atom stereocenters. The molecule has 0 spiro atoms. The number of aromatic nitrogens is 6. The number of pyridine rings is 1. The van der Waals surface area contributed by atoms with Gasteiger partial charge in [0.15, 0.2) is 29.2 Å². The van der Waals surface area contributed by atoms with E-state index in [9.17, 15) is 32.3 Å². The normalized spacial score (nSPS) is 11.6. The number of rotatable bonds is 7. The molecule has 11 nitrogen and oxygen atoms in total. The number of nitrogens with zero attached hydrogens (tertiary/aromatic N) is 6. The van der Waals surface area contributed by atoms with E-state index < -0.39 is 54.1 Å². The molecule has 16 heteroatoms. The molecule has 0 unspecified atom stereocenters. The fraction of sp³-hybridized carbons (Fsp3) is 0.353. The topological polar surface area (TPSA) is 129 Å². The fourth-order valence-corrected chi connectivity index (χ4v) is 2.99. The molecule has 0 aliphatic rings. The monoisotopic (exact) mass is 493 g/mol. The van der Waals surface area contributed by atoms with Gasteiger partial charge in [0.05, 0.1) is 5.69 Å². The minimum absolute atomic E-state index is 0.000851. The second kappa shape index (κ2) is 9.19. The Morgan fingerprint density at radius 1 is 1.33 bits per heavy atom. The molecule has 0 aliphatic heterocycles. The van der Waals surface area contributed by atoms with Crippen LogP contribution in [0.3, 0.4) is 0 Å². The van der Waals surface area contributed by atoms with Gasteiger partial charge in [-0.05, 0) is 13.0 Å². The van der Waals surface area contributed by atoms with Crippen LogP contribution in [-0.2, 0) is 20.2 Å². The van der Waals surface area contributed by atoms with Crippen LogP contribution < -0.4 is 15.7 Å². The molecule has 0 saturated carbocycles. The van der Waals surface area contributed by atoms with E-state index in [-0.39, 0.29) is 23.2 Å². The number of carbonyl (C=O) groups excluding carboxylic acids is 1. The molecule has 0 aromatic carbocycles. The summed E-state index contributed by atoms with van der Waals surface area (Å²) in [6.07, 6.45) is -3.50. The van der Waals surface area contributed by atoms with Gasteiger partial charge in [-0.15, -0.1) is 5.10 Å². The molecule has 0 fully saturated rings. The molecular formula is C17H16ClF4N7O4. The highest BCUT2D eigenvalue weighted by Crippen LogP contribution is 2.26. The third kappa shape index (κ3) is 5.14. The maximum absolute atomic E-state index is 14.9. The van der Waals surface area contributed by atoms with Gasteiger partial charge in [0.1, 0.15) is 12.2 Å². The smallest absolute Gasteiger partial charge is 0.422 e. The van der Waals surface area contributed by atoms with Crippen molar-refractivity contribution in [2.24, 2.45) is 7.05 Å². The number of hydrogen-bond acceptors (Lipinski definition) is 7. The first-order chi connectivity index (χ1) is 15.4. The first kappa shape index (κ1) is 24.2. The van der Waals surface area contributed by atoms with Crippen molar-refractivity contribution < 1.29 is 32.2 Å². The van der Waals surface area contributed by atoms with Crippen LogP contribution in [0.4, 0.5) is 23.2 Å². The molecule has 2 N–H and O–H groups in total. The predicted octanol–water partition coefficient (Wildman–Crippen LogP) is 1.66. The van der Waals surface area contributed by atoms with Gasteiger partial charge in [0.2, 0.25) is 5.88 Å². The minimum Gasteiger partial charge on any atom is -0.467 e. The van der Waals surface area contributed by atoms with E-state index in [0.717, 1.165) is 4.57 Å². The van der Waals surface area contributed by atoms with Crippen molar-refractivity contribution in [3.8, 4) is 11.7 Å². The number of aryl methyl sites for hydroxylation is 1. The highest BCUT2D eigenvalue weighted by molar-refractivity contribution is 6.32. The minimum atomic E-state index is -4.80. The maximum atomic E-state index is 14.9. The Morgan fingerprint density at radius 3 is 2.55 bits per heavy atom. The summed E-state index contributed by atoms with van der Waals surface area (Å²) < 4.78 is 60.4. The molecule has 3 rings (SSSR count). The van der Waals surface area contributed by atoms with Crippen molar-refractivity contribution in [2.75, 3.05) is 11.9 Å². The van der Waals surface area contributed by atoms with Gasteiger partial charge in [-0.1, -0.05) is 11.6 Å². The van der Waals surface area contributed by atoms with E-state index in [1.165, 1.54) is 17.9 Å². The zero-order chi connectivity index (χ0) is 24.5. The van der Waals surface area contributed by atoms with E-state index >= 15 is 0 Å². The fourth-order valence-electron chi connectivity index (χ4n) is 2.78. The zero-order valence-corrected chi connectivity index (χ0v) is 17.8. The van der Waals surface area contributed by atoms with Gasteiger partial charge in [0, 0.05) is 19.8 Å². The third-order valence-corrected chi connectivity index (χ3v) is 4.45. The number of hydrogen-bond donors (Lipinski definition) is 2. The van der Waals surface area contributed by atoms with Crippen LogP contribution in [0.25, 0.3) is 5.82 Å². The summed E-state index contributed by atoms with van der Waals surface area (Å²) in [7, 11) is 1.50. The molecule has 3 heterocycles. The predicted molar refractivity (Wildman–Crippen MR) is 105 cm³/mol. The molecule has 1 amide bonds. The molecule has 0 saturated heterocycles. The number of ether oxygens (including phenoxy) is 1. The van der Waals surface area contributed by atoms with Gasteiger partial charge >= 0.3 is 11.9 Å². The second-order valence-electron chi connectivity index (χ2n) is 6.52. The average Bonchev–Trinajstić information content (AvgIpc) is 3.23. The van der Waals surface area contributed by atoms with Crippen molar-refractivity contribution >= 4 is 23.2 Å². The number of alkyl halides is 3. The van der Waals surface area contributed by atoms with Crippen molar-refractivity contribution in [1.29, 1.82) is 0 Å². The van der Waals surface area contributed by atoms with Crippen molar-refractivity contribution in [3.05, 3.63) is 45.1 Å². The zero-order valence-electron chi connectivity index (χ0n) is 17.0. The Balaban J connectivity index is 2.10. The first-order valence-electron chi connectivity index (χ1n) is 9.15. The van der Waals surface area contributed by atoms with Crippen LogP contribution in [0, 0.1) is 5.82 Å². The second-order valence-corrected chi connectivity index (χ2v) is 6.88. The van der Waals surface area contributed by atoms with Crippen molar-refractivity contribution in [1.82, 2.24) is 29.1 Å². The molecule has 0 bridgehead atoms. The summed E-state index contributed by atoms with van der Waals surface area (Å²) in [4.78, 5) is 28.7. The van der Waals surface area contributed by atoms with Crippen LogP contribution in [0.1, 0.15) is 23.1 Å². The summed E-state index contributed by atoms with van der Waals surface area (Å²) in [6, 6.07) is 0.545. The van der Waals surface area contributed by atoms with E-state index in [2.05, 4.69) is 25.2 Å². The highest BCUT2D eigenvalue weighted by Gasteiger charge is 2.31. The van der Waals surface area contributed by atoms with Crippen LogP contribution in [0.2, 0.25) is 5.15 Å². The number of amides is 1. The van der Waals surface area contributed by atoms with Crippen LogP contribution in [0.5, 0.6) is 5.88 Å². The molecule has 0 aliphatic carbocycles.